The number of nitrogens with one attached hydrogen (secondary N) is 1. The van der Waals surface area contributed by atoms with Gasteiger partial charge in [-0.25, -0.2) is 4.98 Å². The Bertz CT molecular complexity index is 902. The van der Waals surface area contributed by atoms with Gasteiger partial charge in [0.1, 0.15) is 0 Å². The van der Waals surface area contributed by atoms with Gasteiger partial charge in [0, 0.05) is 18.5 Å². The Kier molecular flexibility index (Phi) is 5.17. The van der Waals surface area contributed by atoms with Gasteiger partial charge in [-0.05, 0) is 49.8 Å². The summed E-state index contributed by atoms with van der Waals surface area (Å²) < 4.78 is 13.9. The summed E-state index contributed by atoms with van der Waals surface area (Å²) in [6.45, 7) is 3.47. The minimum absolute atomic E-state index is 0.653. The molecule has 0 aliphatic rings. The standard InChI is InChI=1S/C18H19N3OS2/c1-4-6-16-17(15-11-23-12-20-15)13-7-5-8-14(18(13)24(16)22)19-9-10-21(2)3/h5,7-8,11-12,19H,9-10H2,1-3H3. The van der Waals surface area contributed by atoms with Crippen molar-refractivity contribution in [3.63, 3.8) is 0 Å². The number of anilines is 1. The van der Waals surface area contributed by atoms with Crippen LogP contribution >= 0.6 is 22.1 Å². The Balaban J connectivity index is 2.17. The summed E-state index contributed by atoms with van der Waals surface area (Å²) in [6, 6.07) is 5.97. The molecule has 2 aromatic heterocycles. The molecule has 2 heterocycles. The zero-order valence-corrected chi connectivity index (χ0v) is 15.6. The number of hydrogen-bond donors (Lipinski definition) is 1. The largest absolute Gasteiger partial charge is 0.589 e. The molecule has 3 rings (SSSR count). The summed E-state index contributed by atoms with van der Waals surface area (Å²) in [4.78, 5) is 7.17. The first kappa shape index (κ1) is 16.9. The molecule has 1 N–H and O–H groups in total. The SMILES string of the molecule is CC#Cc1c(-c2cscn2)c2cccc(NCCN(C)C)c2[s+]1[O-]. The zero-order valence-electron chi connectivity index (χ0n) is 13.9. The van der Waals surface area contributed by atoms with Gasteiger partial charge in [-0.1, -0.05) is 12.0 Å². The van der Waals surface area contributed by atoms with Crippen molar-refractivity contribution in [3.8, 4) is 23.1 Å². The Morgan fingerprint density at radius 3 is 2.88 bits per heavy atom. The van der Waals surface area contributed by atoms with Gasteiger partial charge in [0.05, 0.1) is 27.8 Å². The van der Waals surface area contributed by atoms with Crippen LogP contribution in [-0.2, 0) is 0 Å². The molecular formula is C18H19N3OS2. The topological polar surface area (TPSA) is 51.2 Å². The molecule has 3 aromatic rings. The van der Waals surface area contributed by atoms with Crippen LogP contribution < -0.4 is 5.32 Å². The molecule has 0 saturated heterocycles. The maximum absolute atomic E-state index is 13.1. The highest BCUT2D eigenvalue weighted by atomic mass is 32.2. The van der Waals surface area contributed by atoms with E-state index in [2.05, 4.69) is 27.0 Å². The number of nitrogens with zero attached hydrogens (tertiary/aromatic N) is 2. The molecule has 0 fully saturated rings. The molecule has 124 valence electrons. The van der Waals surface area contributed by atoms with Crippen LogP contribution in [0.15, 0.2) is 29.1 Å². The summed E-state index contributed by atoms with van der Waals surface area (Å²) in [5.74, 6) is 5.93. The number of thiophene rings is 1. The van der Waals surface area contributed by atoms with Crippen LogP contribution in [0.25, 0.3) is 21.3 Å². The van der Waals surface area contributed by atoms with Gasteiger partial charge < -0.3 is 14.8 Å². The van der Waals surface area contributed by atoms with Crippen molar-refractivity contribution >= 4 is 37.9 Å². The van der Waals surface area contributed by atoms with Crippen molar-refractivity contribution in [2.24, 2.45) is 0 Å². The number of hydrogen-bond acceptors (Lipinski definition) is 5. The average molecular weight is 358 g/mol. The molecule has 0 aliphatic carbocycles. The predicted molar refractivity (Wildman–Crippen MR) is 103 cm³/mol. The van der Waals surface area contributed by atoms with Crippen LogP contribution in [0.5, 0.6) is 0 Å². The Hall–Kier alpha value is -1.91. The van der Waals surface area contributed by atoms with Crippen molar-refractivity contribution in [2.45, 2.75) is 6.92 Å². The normalized spacial score (nSPS) is 11.6. The summed E-state index contributed by atoms with van der Waals surface area (Å²) in [6.07, 6.45) is 0. The van der Waals surface area contributed by atoms with E-state index in [1.54, 1.807) is 12.4 Å². The first-order valence-electron chi connectivity index (χ1n) is 7.63. The van der Waals surface area contributed by atoms with Crippen molar-refractivity contribution in [2.75, 3.05) is 32.5 Å². The highest BCUT2D eigenvalue weighted by Crippen LogP contribution is 2.46. The quantitative estimate of drug-likeness (QED) is 0.553. The van der Waals surface area contributed by atoms with E-state index in [9.17, 15) is 4.55 Å². The maximum atomic E-state index is 13.1. The van der Waals surface area contributed by atoms with Gasteiger partial charge in [-0.3, -0.25) is 0 Å². The van der Waals surface area contributed by atoms with E-state index in [0.29, 0.717) is 4.88 Å². The van der Waals surface area contributed by atoms with E-state index in [1.807, 2.05) is 37.7 Å². The predicted octanol–water partition coefficient (Wildman–Crippen LogP) is 4.04. The lowest BCUT2D eigenvalue weighted by atomic mass is 10.1. The summed E-state index contributed by atoms with van der Waals surface area (Å²) in [5, 5.41) is 6.35. The molecule has 4 nitrogen and oxygen atoms in total. The van der Waals surface area contributed by atoms with Crippen LogP contribution in [-0.4, -0.2) is 41.6 Å². The molecule has 1 unspecified atom stereocenters. The van der Waals surface area contributed by atoms with Gasteiger partial charge in [-0.2, -0.15) is 0 Å². The fourth-order valence-electron chi connectivity index (χ4n) is 2.62. The van der Waals surface area contributed by atoms with Crippen LogP contribution in [0.2, 0.25) is 0 Å². The fraction of sp³-hybridized carbons (Fsp3) is 0.278. The molecule has 0 amide bonds. The lowest BCUT2D eigenvalue weighted by Crippen LogP contribution is -2.20. The third-order valence-electron chi connectivity index (χ3n) is 3.68. The van der Waals surface area contributed by atoms with Crippen LogP contribution in [0.1, 0.15) is 11.8 Å². The number of thiazole rings is 1. The molecule has 0 aliphatic heterocycles. The number of fused-ring (bicyclic) bond motifs is 1. The first-order valence-corrected chi connectivity index (χ1v) is 9.72. The monoisotopic (exact) mass is 357 g/mol. The second-order valence-electron chi connectivity index (χ2n) is 5.63. The van der Waals surface area contributed by atoms with Crippen molar-refractivity contribution in [1.82, 2.24) is 9.88 Å². The van der Waals surface area contributed by atoms with E-state index in [4.69, 9.17) is 0 Å². The van der Waals surface area contributed by atoms with Crippen LogP contribution in [0.4, 0.5) is 5.69 Å². The molecule has 24 heavy (non-hydrogen) atoms. The average Bonchev–Trinajstić information content (AvgIpc) is 3.16. The number of rotatable bonds is 5. The molecule has 0 bridgehead atoms. The minimum Gasteiger partial charge on any atom is -0.589 e. The number of likely N-dealkylation sites (N-methyl/N-ethyl adjacent to an activating group) is 1. The Morgan fingerprint density at radius 2 is 2.21 bits per heavy atom. The van der Waals surface area contributed by atoms with Crippen LogP contribution in [0.3, 0.4) is 0 Å². The first-order chi connectivity index (χ1) is 11.6. The van der Waals surface area contributed by atoms with Gasteiger partial charge >= 0.3 is 0 Å². The fourth-order valence-corrected chi connectivity index (χ4v) is 4.67. The molecular weight excluding hydrogens is 338 g/mol. The van der Waals surface area contributed by atoms with Crippen LogP contribution in [0, 0.1) is 11.8 Å². The summed E-state index contributed by atoms with van der Waals surface area (Å²) in [5.41, 5.74) is 4.44. The van der Waals surface area contributed by atoms with E-state index in [1.165, 1.54) is 11.3 Å². The molecule has 1 aromatic carbocycles. The zero-order chi connectivity index (χ0) is 17.1. The van der Waals surface area contributed by atoms with Crippen molar-refractivity contribution in [3.05, 3.63) is 34.0 Å². The van der Waals surface area contributed by atoms with E-state index in [-0.39, 0.29) is 0 Å². The molecule has 1 atom stereocenters. The van der Waals surface area contributed by atoms with Gasteiger partial charge in [0.25, 0.3) is 0 Å². The maximum Gasteiger partial charge on any atom is 0.233 e. The number of aromatic nitrogens is 1. The van der Waals surface area contributed by atoms with E-state index >= 15 is 0 Å². The summed E-state index contributed by atoms with van der Waals surface area (Å²) in [7, 11) is 2.79. The van der Waals surface area contributed by atoms with Gasteiger partial charge in [0.15, 0.2) is 0 Å². The third-order valence-corrected chi connectivity index (χ3v) is 5.76. The second-order valence-corrected chi connectivity index (χ2v) is 7.71. The highest BCUT2D eigenvalue weighted by molar-refractivity contribution is 7.33. The Labute approximate surface area is 149 Å². The summed E-state index contributed by atoms with van der Waals surface area (Å²) >= 11 is 1.53. The van der Waals surface area contributed by atoms with Crippen molar-refractivity contribution < 1.29 is 4.55 Å². The van der Waals surface area contributed by atoms with Gasteiger partial charge in [-0.15, -0.1) is 11.3 Å². The number of benzene rings is 1. The minimum atomic E-state index is -1.28. The lowest BCUT2D eigenvalue weighted by Gasteiger charge is -2.11. The second kappa shape index (κ2) is 7.32. The van der Waals surface area contributed by atoms with Crippen molar-refractivity contribution in [1.29, 1.82) is 0 Å². The van der Waals surface area contributed by atoms with Gasteiger partial charge in [0.2, 0.25) is 9.58 Å². The molecule has 0 saturated carbocycles. The highest BCUT2D eigenvalue weighted by Gasteiger charge is 2.25. The molecule has 0 radical (unpaired) electrons. The molecule has 0 spiro atoms. The smallest absolute Gasteiger partial charge is 0.233 e. The lowest BCUT2D eigenvalue weighted by molar-refractivity contribution is 0.425. The Morgan fingerprint density at radius 1 is 1.38 bits per heavy atom. The van der Waals surface area contributed by atoms with E-state index in [0.717, 1.165) is 40.1 Å². The third kappa shape index (κ3) is 3.17. The molecule has 6 heteroatoms. The van der Waals surface area contributed by atoms with E-state index < -0.39 is 10.8 Å².